The lowest BCUT2D eigenvalue weighted by molar-refractivity contribution is 0.0955. The molecule has 144 valence electrons. The molecule has 27 heavy (non-hydrogen) atoms. The number of carbonyl (C=O) groups is 1. The minimum Gasteiger partial charge on any atom is -0.351 e. The molecular formula is C20H27N5OS. The second kappa shape index (κ2) is 8.80. The van der Waals surface area contributed by atoms with E-state index in [2.05, 4.69) is 31.2 Å². The van der Waals surface area contributed by atoms with E-state index in [0.717, 1.165) is 69.4 Å². The monoisotopic (exact) mass is 385 g/mol. The summed E-state index contributed by atoms with van der Waals surface area (Å²) >= 11 is 1.69. The number of anilines is 1. The topological polar surface area (TPSA) is 61.4 Å². The minimum absolute atomic E-state index is 0.0976. The largest absolute Gasteiger partial charge is 0.351 e. The predicted octanol–water partition coefficient (Wildman–Crippen LogP) is 2.36. The van der Waals surface area contributed by atoms with Crippen molar-refractivity contribution in [2.75, 3.05) is 44.2 Å². The van der Waals surface area contributed by atoms with E-state index in [-0.39, 0.29) is 5.91 Å². The quantitative estimate of drug-likeness (QED) is 0.774. The van der Waals surface area contributed by atoms with Crippen molar-refractivity contribution in [2.45, 2.75) is 32.1 Å². The van der Waals surface area contributed by atoms with Gasteiger partial charge in [0.1, 0.15) is 0 Å². The maximum Gasteiger partial charge on any atom is 0.261 e. The summed E-state index contributed by atoms with van der Waals surface area (Å²) in [4.78, 5) is 28.0. The maximum absolute atomic E-state index is 12.4. The van der Waals surface area contributed by atoms with Crippen LogP contribution in [0, 0.1) is 0 Å². The van der Waals surface area contributed by atoms with Crippen LogP contribution in [0.25, 0.3) is 0 Å². The lowest BCUT2D eigenvalue weighted by Gasteiger charge is -2.34. The number of nitrogens with zero attached hydrogens (tertiary/aromatic N) is 4. The van der Waals surface area contributed by atoms with Crippen molar-refractivity contribution >= 4 is 23.2 Å². The Kier molecular flexibility index (Phi) is 5.99. The average molecular weight is 386 g/mol. The first kappa shape index (κ1) is 18.4. The number of hydrogen-bond acceptors (Lipinski definition) is 6. The second-order valence-corrected chi connectivity index (χ2v) is 8.39. The summed E-state index contributed by atoms with van der Waals surface area (Å²) in [6.45, 7) is 5.70. The van der Waals surface area contributed by atoms with Crippen LogP contribution in [0.4, 0.5) is 5.95 Å². The Labute approximate surface area is 164 Å². The zero-order valence-electron chi connectivity index (χ0n) is 15.7. The number of piperazine rings is 1. The maximum atomic E-state index is 12.4. The zero-order chi connectivity index (χ0) is 18.5. The van der Waals surface area contributed by atoms with Crippen LogP contribution in [0.5, 0.6) is 0 Å². The molecule has 7 heteroatoms. The van der Waals surface area contributed by atoms with Crippen LogP contribution < -0.4 is 10.2 Å². The van der Waals surface area contributed by atoms with Crippen molar-refractivity contribution in [3.8, 4) is 0 Å². The van der Waals surface area contributed by atoms with E-state index in [1.165, 1.54) is 23.3 Å². The van der Waals surface area contributed by atoms with Crippen molar-refractivity contribution in [1.82, 2.24) is 20.2 Å². The molecule has 1 N–H and O–H groups in total. The van der Waals surface area contributed by atoms with Crippen molar-refractivity contribution in [3.05, 3.63) is 39.8 Å². The molecule has 2 aromatic rings. The van der Waals surface area contributed by atoms with Crippen LogP contribution in [-0.4, -0.2) is 60.0 Å². The van der Waals surface area contributed by atoms with Gasteiger partial charge in [0.25, 0.3) is 5.91 Å². The molecule has 1 saturated heterocycles. The number of thiophene rings is 1. The standard InChI is InChI=1S/C20H27N5OS/c26-19(18-15-16-5-1-2-6-17(16)27-18)21-9-4-10-24-11-13-25(14-12-24)20-22-7-3-8-23-20/h3,7-8,15H,1-2,4-6,9-14H2,(H,21,26). The third-order valence-electron chi connectivity index (χ3n) is 5.36. The summed E-state index contributed by atoms with van der Waals surface area (Å²) in [7, 11) is 0. The number of carbonyl (C=O) groups excluding carboxylic acids is 1. The Balaban J connectivity index is 1.15. The first-order chi connectivity index (χ1) is 13.3. The molecule has 6 nitrogen and oxygen atoms in total. The number of rotatable bonds is 6. The highest BCUT2D eigenvalue weighted by Gasteiger charge is 2.19. The van der Waals surface area contributed by atoms with Gasteiger partial charge in [0.2, 0.25) is 5.95 Å². The number of aromatic nitrogens is 2. The lowest BCUT2D eigenvalue weighted by Crippen LogP contribution is -2.47. The Morgan fingerprint density at radius 3 is 2.67 bits per heavy atom. The van der Waals surface area contributed by atoms with Gasteiger partial charge in [-0.1, -0.05) is 0 Å². The number of hydrogen-bond donors (Lipinski definition) is 1. The van der Waals surface area contributed by atoms with Gasteiger partial charge in [0, 0.05) is 50.0 Å². The highest BCUT2D eigenvalue weighted by Crippen LogP contribution is 2.29. The zero-order valence-corrected chi connectivity index (χ0v) is 16.5. The van der Waals surface area contributed by atoms with Crippen molar-refractivity contribution in [3.63, 3.8) is 0 Å². The number of nitrogens with one attached hydrogen (secondary N) is 1. The molecule has 2 aliphatic rings. The van der Waals surface area contributed by atoms with E-state index in [1.807, 2.05) is 6.07 Å². The van der Waals surface area contributed by atoms with Gasteiger partial charge in [-0.2, -0.15) is 0 Å². The van der Waals surface area contributed by atoms with Gasteiger partial charge in [-0.3, -0.25) is 9.69 Å². The molecule has 0 aromatic carbocycles. The van der Waals surface area contributed by atoms with E-state index in [0.29, 0.717) is 0 Å². The summed E-state index contributed by atoms with van der Waals surface area (Å²) < 4.78 is 0. The highest BCUT2D eigenvalue weighted by molar-refractivity contribution is 7.14. The lowest BCUT2D eigenvalue weighted by atomic mass is 9.99. The van der Waals surface area contributed by atoms with E-state index in [9.17, 15) is 4.79 Å². The van der Waals surface area contributed by atoms with Crippen molar-refractivity contribution in [1.29, 1.82) is 0 Å². The van der Waals surface area contributed by atoms with Gasteiger partial charge in [-0.05, 0) is 56.3 Å². The Morgan fingerprint density at radius 2 is 1.89 bits per heavy atom. The molecule has 0 saturated carbocycles. The summed E-state index contributed by atoms with van der Waals surface area (Å²) in [5, 5.41) is 3.10. The van der Waals surface area contributed by atoms with Crippen LogP contribution in [-0.2, 0) is 12.8 Å². The molecule has 3 heterocycles. The third kappa shape index (κ3) is 4.65. The molecule has 0 unspecified atom stereocenters. The molecule has 0 bridgehead atoms. The molecule has 1 aliphatic heterocycles. The van der Waals surface area contributed by atoms with Crippen LogP contribution in [0.3, 0.4) is 0 Å². The van der Waals surface area contributed by atoms with Crippen molar-refractivity contribution in [2.24, 2.45) is 0 Å². The Hall–Kier alpha value is -1.99. The Morgan fingerprint density at radius 1 is 1.11 bits per heavy atom. The van der Waals surface area contributed by atoms with Crippen LogP contribution in [0.1, 0.15) is 39.4 Å². The number of aryl methyl sites for hydroxylation is 2. The smallest absolute Gasteiger partial charge is 0.261 e. The first-order valence-corrected chi connectivity index (χ1v) is 10.8. The second-order valence-electron chi connectivity index (χ2n) is 7.25. The molecular weight excluding hydrogens is 358 g/mol. The average Bonchev–Trinajstić information content (AvgIpc) is 3.17. The third-order valence-corrected chi connectivity index (χ3v) is 6.60. The molecule has 0 radical (unpaired) electrons. The molecule has 1 aliphatic carbocycles. The summed E-state index contributed by atoms with van der Waals surface area (Å²) in [6.07, 6.45) is 9.38. The van der Waals surface area contributed by atoms with Crippen LogP contribution in [0.15, 0.2) is 24.5 Å². The summed E-state index contributed by atoms with van der Waals surface area (Å²) in [5.41, 5.74) is 1.40. The van der Waals surface area contributed by atoms with E-state index >= 15 is 0 Å². The first-order valence-electron chi connectivity index (χ1n) is 9.94. The molecule has 2 aromatic heterocycles. The van der Waals surface area contributed by atoms with Gasteiger partial charge in [-0.25, -0.2) is 9.97 Å². The fourth-order valence-electron chi connectivity index (χ4n) is 3.82. The fourth-order valence-corrected chi connectivity index (χ4v) is 4.99. The normalized spacial score (nSPS) is 17.6. The van der Waals surface area contributed by atoms with E-state index in [1.54, 1.807) is 23.7 Å². The fraction of sp³-hybridized carbons (Fsp3) is 0.550. The van der Waals surface area contributed by atoms with Crippen LogP contribution >= 0.6 is 11.3 Å². The minimum atomic E-state index is 0.0976. The molecule has 4 rings (SSSR count). The molecule has 0 atom stereocenters. The van der Waals surface area contributed by atoms with Crippen LogP contribution in [0.2, 0.25) is 0 Å². The van der Waals surface area contributed by atoms with Gasteiger partial charge in [-0.15, -0.1) is 11.3 Å². The van der Waals surface area contributed by atoms with E-state index in [4.69, 9.17) is 0 Å². The SMILES string of the molecule is O=C(NCCCN1CCN(c2ncccn2)CC1)c1cc2c(s1)CCCC2. The van der Waals surface area contributed by atoms with Crippen molar-refractivity contribution < 1.29 is 4.79 Å². The molecule has 1 amide bonds. The summed E-state index contributed by atoms with van der Waals surface area (Å²) in [6, 6.07) is 3.96. The predicted molar refractivity (Wildman–Crippen MR) is 109 cm³/mol. The van der Waals surface area contributed by atoms with Gasteiger partial charge < -0.3 is 10.2 Å². The molecule has 1 fully saturated rings. The number of fused-ring (bicyclic) bond motifs is 1. The van der Waals surface area contributed by atoms with Gasteiger partial charge in [0.15, 0.2) is 0 Å². The van der Waals surface area contributed by atoms with E-state index < -0.39 is 0 Å². The Bertz CT molecular complexity index is 731. The molecule has 0 spiro atoms. The summed E-state index contributed by atoms with van der Waals surface area (Å²) in [5.74, 6) is 0.920. The number of amides is 1. The highest BCUT2D eigenvalue weighted by atomic mass is 32.1. The van der Waals surface area contributed by atoms with Gasteiger partial charge in [0.05, 0.1) is 4.88 Å². The van der Waals surface area contributed by atoms with Gasteiger partial charge >= 0.3 is 0 Å².